The zero-order chi connectivity index (χ0) is 10.3. The maximum atomic E-state index is 9.41. The maximum Gasteiger partial charge on any atom is 0.0874 e. The molecule has 4 heteroatoms. The van der Waals surface area contributed by atoms with E-state index < -0.39 is 5.60 Å². The van der Waals surface area contributed by atoms with Gasteiger partial charge in [-0.2, -0.15) is 10.5 Å². The maximum absolute atomic E-state index is 9.41. The molecule has 0 aliphatic rings. The average Bonchev–Trinajstić information content (AvgIpc) is 2.00. The van der Waals surface area contributed by atoms with Crippen LogP contribution in [0.5, 0.6) is 0 Å². The van der Waals surface area contributed by atoms with E-state index >= 15 is 0 Å². The minimum absolute atomic E-state index is 0.240. The molecule has 0 spiro atoms. The molecule has 0 radical (unpaired) electrons. The number of hydrogen-bond acceptors (Lipinski definition) is 4. The third-order valence-electron chi connectivity index (χ3n) is 1.63. The fourth-order valence-corrected chi connectivity index (χ4v) is 0.846. The lowest BCUT2D eigenvalue weighted by Crippen LogP contribution is -2.31. The quantitative estimate of drug-likeness (QED) is 0.627. The zero-order valence-corrected chi connectivity index (χ0v) is 8.12. The van der Waals surface area contributed by atoms with Crippen LogP contribution < -0.4 is 0 Å². The molecule has 0 saturated heterocycles. The number of hydrogen-bond donors (Lipinski definition) is 1. The van der Waals surface area contributed by atoms with Crippen molar-refractivity contribution >= 4 is 0 Å². The Bertz CT molecular complexity index is 202. The SMILES string of the molecule is CC(C)(O)CCN(CC#N)CC#N. The highest BCUT2D eigenvalue weighted by Crippen LogP contribution is 2.07. The van der Waals surface area contributed by atoms with E-state index in [4.69, 9.17) is 10.5 Å². The summed E-state index contributed by atoms with van der Waals surface area (Å²) in [4.78, 5) is 1.71. The van der Waals surface area contributed by atoms with Gasteiger partial charge < -0.3 is 5.11 Å². The molecule has 0 atom stereocenters. The van der Waals surface area contributed by atoms with Crippen LogP contribution in [0.3, 0.4) is 0 Å². The molecular weight excluding hydrogens is 166 g/mol. The molecule has 0 aliphatic carbocycles. The van der Waals surface area contributed by atoms with Crippen molar-refractivity contribution in [1.29, 1.82) is 10.5 Å². The molecule has 0 saturated carbocycles. The highest BCUT2D eigenvalue weighted by atomic mass is 16.3. The van der Waals surface area contributed by atoms with E-state index in [0.29, 0.717) is 13.0 Å². The van der Waals surface area contributed by atoms with E-state index in [1.54, 1.807) is 18.7 Å². The van der Waals surface area contributed by atoms with Crippen LogP contribution in [0.15, 0.2) is 0 Å². The summed E-state index contributed by atoms with van der Waals surface area (Å²) in [5.41, 5.74) is -0.733. The molecule has 0 aromatic carbocycles. The second-order valence-corrected chi connectivity index (χ2v) is 3.59. The van der Waals surface area contributed by atoms with Crippen molar-refractivity contribution in [2.24, 2.45) is 0 Å². The largest absolute Gasteiger partial charge is 0.390 e. The van der Waals surface area contributed by atoms with Crippen molar-refractivity contribution in [3.63, 3.8) is 0 Å². The normalized spacial score (nSPS) is 10.9. The highest BCUT2D eigenvalue weighted by molar-refractivity contribution is 4.84. The van der Waals surface area contributed by atoms with Crippen LogP contribution in [0.4, 0.5) is 0 Å². The minimum atomic E-state index is -0.733. The summed E-state index contributed by atoms with van der Waals surface area (Å²) in [7, 11) is 0. The van der Waals surface area contributed by atoms with Gasteiger partial charge in [-0.05, 0) is 20.3 Å². The Labute approximate surface area is 79.0 Å². The molecule has 13 heavy (non-hydrogen) atoms. The Morgan fingerprint density at radius 1 is 1.23 bits per heavy atom. The van der Waals surface area contributed by atoms with Gasteiger partial charge in [0.25, 0.3) is 0 Å². The van der Waals surface area contributed by atoms with E-state index in [1.165, 1.54) is 0 Å². The standard InChI is InChI=1S/C9H15N3O/c1-9(2,13)3-6-12(7-4-10)8-5-11/h13H,3,6-8H2,1-2H3. The number of aliphatic hydroxyl groups is 1. The van der Waals surface area contributed by atoms with Crippen molar-refractivity contribution in [2.75, 3.05) is 19.6 Å². The van der Waals surface area contributed by atoms with Gasteiger partial charge in [0.1, 0.15) is 0 Å². The molecule has 0 aromatic rings. The van der Waals surface area contributed by atoms with Crippen molar-refractivity contribution in [3.05, 3.63) is 0 Å². The van der Waals surface area contributed by atoms with Gasteiger partial charge in [0.2, 0.25) is 0 Å². The van der Waals surface area contributed by atoms with Crippen molar-refractivity contribution in [2.45, 2.75) is 25.9 Å². The number of rotatable bonds is 5. The molecule has 0 rings (SSSR count). The summed E-state index contributed by atoms with van der Waals surface area (Å²) in [5, 5.41) is 26.3. The van der Waals surface area contributed by atoms with E-state index in [0.717, 1.165) is 0 Å². The van der Waals surface area contributed by atoms with Gasteiger partial charge in [0.15, 0.2) is 0 Å². The Kier molecular flexibility index (Phi) is 5.06. The van der Waals surface area contributed by atoms with Crippen LogP contribution in [0.1, 0.15) is 20.3 Å². The van der Waals surface area contributed by atoms with Gasteiger partial charge in [-0.1, -0.05) is 0 Å². The first-order chi connectivity index (χ1) is 5.99. The van der Waals surface area contributed by atoms with Gasteiger partial charge in [-0.3, -0.25) is 4.90 Å². The summed E-state index contributed by atoms with van der Waals surface area (Å²) in [5.74, 6) is 0. The lowest BCUT2D eigenvalue weighted by Gasteiger charge is -2.21. The van der Waals surface area contributed by atoms with E-state index in [1.807, 2.05) is 12.1 Å². The number of nitriles is 2. The molecule has 0 amide bonds. The van der Waals surface area contributed by atoms with Gasteiger partial charge in [-0.25, -0.2) is 0 Å². The molecular formula is C9H15N3O. The summed E-state index contributed by atoms with van der Waals surface area (Å²) in [6.07, 6.45) is 0.566. The van der Waals surface area contributed by atoms with Crippen LogP contribution in [-0.2, 0) is 0 Å². The van der Waals surface area contributed by atoms with Gasteiger partial charge in [-0.15, -0.1) is 0 Å². The summed E-state index contributed by atoms with van der Waals surface area (Å²) in [6.45, 7) is 4.48. The van der Waals surface area contributed by atoms with Crippen LogP contribution in [0.25, 0.3) is 0 Å². The van der Waals surface area contributed by atoms with Crippen LogP contribution in [0, 0.1) is 22.7 Å². The van der Waals surface area contributed by atoms with Crippen LogP contribution in [0.2, 0.25) is 0 Å². The molecule has 0 aromatic heterocycles. The first kappa shape index (κ1) is 11.9. The fraction of sp³-hybridized carbons (Fsp3) is 0.778. The Balaban J connectivity index is 3.85. The Hall–Kier alpha value is -1.10. The predicted octanol–water partition coefficient (Wildman–Crippen LogP) is 0.497. The molecule has 0 fully saturated rings. The molecule has 0 bridgehead atoms. The topological polar surface area (TPSA) is 71.0 Å². The van der Waals surface area contributed by atoms with Gasteiger partial charge in [0, 0.05) is 6.54 Å². The molecule has 0 unspecified atom stereocenters. The van der Waals surface area contributed by atoms with Crippen LogP contribution >= 0.6 is 0 Å². The lowest BCUT2D eigenvalue weighted by molar-refractivity contribution is 0.0607. The van der Waals surface area contributed by atoms with Crippen molar-refractivity contribution in [3.8, 4) is 12.1 Å². The summed E-state index contributed by atoms with van der Waals surface area (Å²) < 4.78 is 0. The second-order valence-electron chi connectivity index (χ2n) is 3.59. The summed E-state index contributed by atoms with van der Waals surface area (Å²) in [6, 6.07) is 3.96. The monoisotopic (exact) mass is 181 g/mol. The minimum Gasteiger partial charge on any atom is -0.390 e. The van der Waals surface area contributed by atoms with E-state index in [-0.39, 0.29) is 13.1 Å². The van der Waals surface area contributed by atoms with Gasteiger partial charge in [0.05, 0.1) is 30.8 Å². The second kappa shape index (κ2) is 5.53. The average molecular weight is 181 g/mol. The lowest BCUT2D eigenvalue weighted by atomic mass is 10.1. The number of nitrogens with zero attached hydrogens (tertiary/aromatic N) is 3. The third kappa shape index (κ3) is 7.27. The molecule has 0 heterocycles. The van der Waals surface area contributed by atoms with Crippen molar-refractivity contribution in [1.82, 2.24) is 4.90 Å². The third-order valence-corrected chi connectivity index (χ3v) is 1.63. The highest BCUT2D eigenvalue weighted by Gasteiger charge is 2.14. The van der Waals surface area contributed by atoms with Gasteiger partial charge >= 0.3 is 0 Å². The fourth-order valence-electron chi connectivity index (χ4n) is 0.846. The van der Waals surface area contributed by atoms with Crippen molar-refractivity contribution < 1.29 is 5.11 Å². The first-order valence-corrected chi connectivity index (χ1v) is 4.18. The Morgan fingerprint density at radius 3 is 2.00 bits per heavy atom. The zero-order valence-electron chi connectivity index (χ0n) is 8.12. The molecule has 0 aliphatic heterocycles. The smallest absolute Gasteiger partial charge is 0.0874 e. The predicted molar refractivity (Wildman–Crippen MR) is 48.6 cm³/mol. The van der Waals surface area contributed by atoms with E-state index in [2.05, 4.69) is 0 Å². The van der Waals surface area contributed by atoms with E-state index in [9.17, 15) is 5.11 Å². The summed E-state index contributed by atoms with van der Waals surface area (Å²) >= 11 is 0. The Morgan fingerprint density at radius 2 is 1.69 bits per heavy atom. The van der Waals surface area contributed by atoms with Crippen LogP contribution in [-0.4, -0.2) is 35.2 Å². The molecule has 4 nitrogen and oxygen atoms in total. The first-order valence-electron chi connectivity index (χ1n) is 4.18. The molecule has 1 N–H and O–H groups in total. The molecule has 72 valence electrons.